The van der Waals surface area contributed by atoms with Crippen LogP contribution in [0.15, 0.2) is 59.4 Å². The van der Waals surface area contributed by atoms with Crippen molar-refractivity contribution in [1.82, 2.24) is 9.88 Å². The van der Waals surface area contributed by atoms with Gasteiger partial charge in [0.2, 0.25) is 5.91 Å². The second kappa shape index (κ2) is 7.42. The zero-order valence-electron chi connectivity index (χ0n) is 14.1. The van der Waals surface area contributed by atoms with Crippen LogP contribution in [0.25, 0.3) is 16.5 Å². The summed E-state index contributed by atoms with van der Waals surface area (Å²) in [6.07, 6.45) is -0.237. The molecule has 2 aromatic carbocycles. The summed E-state index contributed by atoms with van der Waals surface area (Å²) >= 11 is 6.26. The summed E-state index contributed by atoms with van der Waals surface area (Å²) in [5.74, 6) is -0.391. The van der Waals surface area contributed by atoms with E-state index in [1.807, 2.05) is 48.5 Å². The van der Waals surface area contributed by atoms with Gasteiger partial charge in [0.25, 0.3) is 5.56 Å². The molecule has 0 aliphatic rings. The molecule has 0 aliphatic heterocycles. The Bertz CT molecular complexity index is 1070. The summed E-state index contributed by atoms with van der Waals surface area (Å²) < 4.78 is 1.55. The molecule has 0 fully saturated rings. The maximum absolute atomic E-state index is 13.2. The molecule has 0 saturated heterocycles. The number of halogens is 1. The lowest BCUT2D eigenvalue weighted by molar-refractivity contribution is -0.120. The maximum Gasteiger partial charge on any atom is 0.264 e. The van der Waals surface area contributed by atoms with Gasteiger partial charge in [-0.2, -0.15) is 5.26 Å². The number of nitrogens with one attached hydrogen (secondary N) is 1. The fourth-order valence-electron chi connectivity index (χ4n) is 2.94. The number of rotatable bonds is 4. The van der Waals surface area contributed by atoms with Crippen LogP contribution in [-0.4, -0.2) is 10.5 Å². The van der Waals surface area contributed by atoms with Crippen molar-refractivity contribution in [1.29, 1.82) is 5.26 Å². The first-order valence-electron chi connectivity index (χ1n) is 8.09. The first-order chi connectivity index (χ1) is 12.5. The number of amides is 1. The summed E-state index contributed by atoms with van der Waals surface area (Å²) in [6.45, 7) is 1.78. The number of hydrogen-bond donors (Lipinski definition) is 1. The van der Waals surface area contributed by atoms with E-state index in [9.17, 15) is 9.59 Å². The molecule has 3 aromatic rings. The van der Waals surface area contributed by atoms with Crippen LogP contribution in [0.5, 0.6) is 0 Å². The molecule has 0 saturated carbocycles. The average molecular weight is 366 g/mol. The number of nitrogens with zero attached hydrogens (tertiary/aromatic N) is 2. The van der Waals surface area contributed by atoms with Gasteiger partial charge in [-0.05, 0) is 36.6 Å². The zero-order valence-corrected chi connectivity index (χ0v) is 14.8. The number of aromatic nitrogens is 1. The highest BCUT2D eigenvalue weighted by atomic mass is 35.5. The minimum Gasteiger partial charge on any atom is -0.347 e. The Labute approximate surface area is 155 Å². The predicted octanol–water partition coefficient (Wildman–Crippen LogP) is 3.73. The third kappa shape index (κ3) is 3.32. The Kier molecular flexibility index (Phi) is 5.06. The van der Waals surface area contributed by atoms with E-state index in [1.165, 1.54) is 0 Å². The average Bonchev–Trinajstić information content (AvgIpc) is 2.62. The van der Waals surface area contributed by atoms with Crippen molar-refractivity contribution in [2.24, 2.45) is 0 Å². The van der Waals surface area contributed by atoms with E-state index in [1.54, 1.807) is 23.6 Å². The second-order valence-corrected chi connectivity index (χ2v) is 6.28. The molecule has 0 spiro atoms. The number of nitriles is 1. The number of para-hydroxylation sites is 1. The SMILES string of the molecule is CC(NC(=O)CC#N)c1cc2cccc(Cl)c2c(=O)n1-c1ccccc1. The minimum absolute atomic E-state index is 0.237. The molecule has 5 nitrogen and oxygen atoms in total. The van der Waals surface area contributed by atoms with Gasteiger partial charge >= 0.3 is 0 Å². The van der Waals surface area contributed by atoms with Gasteiger partial charge in [-0.3, -0.25) is 14.2 Å². The normalized spacial score (nSPS) is 11.7. The molecule has 130 valence electrons. The lowest BCUT2D eigenvalue weighted by Gasteiger charge is -2.21. The molecular weight excluding hydrogens is 350 g/mol. The van der Waals surface area contributed by atoms with Crippen LogP contribution in [0.3, 0.4) is 0 Å². The summed E-state index contributed by atoms with van der Waals surface area (Å²) in [4.78, 5) is 25.0. The first-order valence-corrected chi connectivity index (χ1v) is 8.46. The summed E-state index contributed by atoms with van der Waals surface area (Å²) in [7, 11) is 0. The van der Waals surface area contributed by atoms with Crippen molar-refractivity contribution >= 4 is 28.3 Å². The van der Waals surface area contributed by atoms with Gasteiger partial charge in [-0.15, -0.1) is 0 Å². The molecule has 1 aromatic heterocycles. The molecule has 0 bridgehead atoms. The molecule has 0 aliphatic carbocycles. The van der Waals surface area contributed by atoms with Gasteiger partial charge < -0.3 is 5.32 Å². The van der Waals surface area contributed by atoms with Crippen LogP contribution >= 0.6 is 11.6 Å². The summed E-state index contributed by atoms with van der Waals surface area (Å²) in [5, 5.41) is 13.0. The van der Waals surface area contributed by atoms with Crippen molar-refractivity contribution in [3.63, 3.8) is 0 Å². The van der Waals surface area contributed by atoms with Gasteiger partial charge in [-0.25, -0.2) is 0 Å². The van der Waals surface area contributed by atoms with Gasteiger partial charge in [0.1, 0.15) is 6.42 Å². The highest BCUT2D eigenvalue weighted by Gasteiger charge is 2.18. The summed E-state index contributed by atoms with van der Waals surface area (Å²) in [5.41, 5.74) is 1.04. The van der Waals surface area contributed by atoms with Crippen molar-refractivity contribution in [3.8, 4) is 11.8 Å². The fraction of sp³-hybridized carbons (Fsp3) is 0.150. The van der Waals surface area contributed by atoms with Gasteiger partial charge in [0.15, 0.2) is 0 Å². The number of hydrogen-bond acceptors (Lipinski definition) is 3. The smallest absolute Gasteiger partial charge is 0.264 e. The Morgan fingerprint density at radius 2 is 1.96 bits per heavy atom. The van der Waals surface area contributed by atoms with Crippen LogP contribution in [0.2, 0.25) is 5.02 Å². The maximum atomic E-state index is 13.2. The highest BCUT2D eigenvalue weighted by molar-refractivity contribution is 6.35. The molecule has 1 N–H and O–H groups in total. The Morgan fingerprint density at radius 3 is 2.65 bits per heavy atom. The molecule has 26 heavy (non-hydrogen) atoms. The van der Waals surface area contributed by atoms with Crippen molar-refractivity contribution in [3.05, 3.63) is 75.7 Å². The van der Waals surface area contributed by atoms with Crippen LogP contribution in [0.1, 0.15) is 25.1 Å². The molecular formula is C20H16ClN3O2. The number of carbonyl (C=O) groups excluding carboxylic acids is 1. The topological polar surface area (TPSA) is 74.9 Å². The third-order valence-corrected chi connectivity index (χ3v) is 4.41. The molecule has 3 rings (SSSR count). The molecule has 1 atom stereocenters. The van der Waals surface area contributed by atoms with Gasteiger partial charge in [0.05, 0.1) is 22.5 Å². The van der Waals surface area contributed by atoms with E-state index in [0.29, 0.717) is 27.2 Å². The molecule has 0 radical (unpaired) electrons. The number of carbonyl (C=O) groups is 1. The number of pyridine rings is 1. The first kappa shape index (κ1) is 17.7. The second-order valence-electron chi connectivity index (χ2n) is 5.87. The minimum atomic E-state index is -0.466. The lowest BCUT2D eigenvalue weighted by atomic mass is 10.1. The standard InChI is InChI=1S/C20H16ClN3O2/c1-13(23-18(25)10-11-22)17-12-14-6-5-9-16(21)19(14)20(26)24(17)15-7-3-2-4-8-15/h2-9,12-13H,10H2,1H3,(H,23,25). The van der Waals surface area contributed by atoms with Gasteiger partial charge in [0, 0.05) is 11.4 Å². The van der Waals surface area contributed by atoms with Crippen LogP contribution in [0.4, 0.5) is 0 Å². The van der Waals surface area contributed by atoms with Crippen LogP contribution < -0.4 is 10.9 Å². The van der Waals surface area contributed by atoms with Crippen molar-refractivity contribution in [2.75, 3.05) is 0 Å². The number of fused-ring (bicyclic) bond motifs is 1. The van der Waals surface area contributed by atoms with Crippen molar-refractivity contribution in [2.45, 2.75) is 19.4 Å². The molecule has 6 heteroatoms. The quantitative estimate of drug-likeness (QED) is 0.765. The summed E-state index contributed by atoms with van der Waals surface area (Å²) in [6, 6.07) is 17.6. The molecule has 1 unspecified atom stereocenters. The Hall–Kier alpha value is -3.10. The van der Waals surface area contributed by atoms with E-state index >= 15 is 0 Å². The Balaban J connectivity index is 2.26. The Morgan fingerprint density at radius 1 is 1.23 bits per heavy atom. The van der Waals surface area contributed by atoms with E-state index in [-0.39, 0.29) is 12.0 Å². The van der Waals surface area contributed by atoms with E-state index < -0.39 is 11.9 Å². The van der Waals surface area contributed by atoms with E-state index in [2.05, 4.69) is 5.32 Å². The number of benzene rings is 2. The largest absolute Gasteiger partial charge is 0.347 e. The fourth-order valence-corrected chi connectivity index (χ4v) is 3.20. The lowest BCUT2D eigenvalue weighted by Crippen LogP contribution is -2.31. The molecule has 1 heterocycles. The van der Waals surface area contributed by atoms with E-state index in [0.717, 1.165) is 0 Å². The van der Waals surface area contributed by atoms with Crippen LogP contribution in [-0.2, 0) is 4.79 Å². The van der Waals surface area contributed by atoms with E-state index in [4.69, 9.17) is 16.9 Å². The highest BCUT2D eigenvalue weighted by Crippen LogP contribution is 2.25. The zero-order chi connectivity index (χ0) is 18.7. The predicted molar refractivity (Wildman–Crippen MR) is 101 cm³/mol. The van der Waals surface area contributed by atoms with Crippen LogP contribution in [0, 0.1) is 11.3 Å². The third-order valence-electron chi connectivity index (χ3n) is 4.10. The van der Waals surface area contributed by atoms with Gasteiger partial charge in [-0.1, -0.05) is 41.9 Å². The molecule has 1 amide bonds. The monoisotopic (exact) mass is 365 g/mol. The van der Waals surface area contributed by atoms with Crippen molar-refractivity contribution < 1.29 is 4.79 Å².